The van der Waals surface area contributed by atoms with Crippen molar-refractivity contribution in [3.05, 3.63) is 24.0 Å². The molecule has 0 aliphatic heterocycles. The van der Waals surface area contributed by atoms with Crippen molar-refractivity contribution in [3.63, 3.8) is 0 Å². The van der Waals surface area contributed by atoms with Crippen LogP contribution in [-0.4, -0.2) is 24.8 Å². The predicted octanol–water partition coefficient (Wildman–Crippen LogP) is 2.69. The monoisotopic (exact) mass is 248 g/mol. The normalized spacial score (nSPS) is 13.5. The molecule has 0 spiro atoms. The lowest BCUT2D eigenvalue weighted by Gasteiger charge is -2.21. The van der Waals surface area contributed by atoms with Crippen LogP contribution in [0.3, 0.4) is 0 Å². The number of nitrogens with one attached hydrogen (secondary N) is 1. The minimum atomic E-state index is -4.34. The molecule has 0 saturated carbocycles. The zero-order valence-corrected chi connectivity index (χ0v) is 9.71. The highest BCUT2D eigenvalue weighted by Crippen LogP contribution is 2.33. The van der Waals surface area contributed by atoms with Crippen LogP contribution in [0.25, 0.3) is 0 Å². The van der Waals surface area contributed by atoms with Gasteiger partial charge in [-0.25, -0.2) is 0 Å². The zero-order chi connectivity index (χ0) is 12.9. The first-order valence-corrected chi connectivity index (χ1v) is 5.28. The van der Waals surface area contributed by atoms with Crippen LogP contribution < -0.4 is 10.1 Å². The van der Waals surface area contributed by atoms with E-state index in [0.29, 0.717) is 18.7 Å². The largest absolute Gasteiger partial charge is 0.495 e. The van der Waals surface area contributed by atoms with Gasteiger partial charge in [-0.05, 0) is 19.0 Å². The lowest BCUT2D eigenvalue weighted by atomic mass is 10.1. The molecule has 0 aromatic carbocycles. The topological polar surface area (TPSA) is 34.2 Å². The third-order valence-corrected chi connectivity index (χ3v) is 2.23. The summed E-state index contributed by atoms with van der Waals surface area (Å²) < 4.78 is 43.4. The van der Waals surface area contributed by atoms with Crippen molar-refractivity contribution >= 4 is 0 Å². The number of nitrogens with zero attached hydrogens (tertiary/aromatic N) is 1. The van der Waals surface area contributed by atoms with Gasteiger partial charge in [-0.1, -0.05) is 6.92 Å². The molecular weight excluding hydrogens is 233 g/mol. The van der Waals surface area contributed by atoms with E-state index < -0.39 is 12.2 Å². The van der Waals surface area contributed by atoms with Gasteiger partial charge in [-0.2, -0.15) is 13.2 Å². The van der Waals surface area contributed by atoms with Gasteiger partial charge in [0.1, 0.15) is 11.8 Å². The van der Waals surface area contributed by atoms with Gasteiger partial charge >= 0.3 is 6.18 Å². The van der Waals surface area contributed by atoms with Crippen molar-refractivity contribution in [2.24, 2.45) is 0 Å². The Kier molecular flexibility index (Phi) is 4.74. The van der Waals surface area contributed by atoms with Crippen LogP contribution in [0.5, 0.6) is 5.75 Å². The lowest BCUT2D eigenvalue weighted by molar-refractivity contribution is -0.157. The van der Waals surface area contributed by atoms with Crippen molar-refractivity contribution in [2.45, 2.75) is 25.6 Å². The fraction of sp³-hybridized carbons (Fsp3) is 0.545. The van der Waals surface area contributed by atoms with Gasteiger partial charge in [0.2, 0.25) is 0 Å². The Balaban J connectivity index is 2.95. The van der Waals surface area contributed by atoms with Crippen LogP contribution in [0.4, 0.5) is 13.2 Å². The van der Waals surface area contributed by atoms with Crippen molar-refractivity contribution in [1.29, 1.82) is 0 Å². The molecule has 0 bridgehead atoms. The van der Waals surface area contributed by atoms with Crippen LogP contribution in [-0.2, 0) is 0 Å². The van der Waals surface area contributed by atoms with Crippen LogP contribution in [0.1, 0.15) is 24.9 Å². The molecule has 1 unspecified atom stereocenters. The average molecular weight is 248 g/mol. The minimum absolute atomic E-state index is 0.0605. The summed E-state index contributed by atoms with van der Waals surface area (Å²) in [6, 6.07) is -0.363. The number of pyridine rings is 1. The Morgan fingerprint density at radius 1 is 1.41 bits per heavy atom. The summed E-state index contributed by atoms with van der Waals surface area (Å²) in [4.78, 5) is 3.73. The lowest BCUT2D eigenvalue weighted by Crippen LogP contribution is -2.34. The maximum Gasteiger partial charge on any atom is 0.407 e. The number of ether oxygens (including phenoxy) is 1. The van der Waals surface area contributed by atoms with Gasteiger partial charge in [0.05, 0.1) is 13.3 Å². The molecule has 17 heavy (non-hydrogen) atoms. The molecule has 96 valence electrons. The summed E-state index contributed by atoms with van der Waals surface area (Å²) >= 11 is 0. The van der Waals surface area contributed by atoms with E-state index in [9.17, 15) is 13.2 Å². The summed E-state index contributed by atoms with van der Waals surface area (Å²) in [5, 5.41) is 2.46. The average Bonchev–Trinajstić information content (AvgIpc) is 2.28. The maximum atomic E-state index is 12.8. The first-order valence-electron chi connectivity index (χ1n) is 5.28. The van der Waals surface area contributed by atoms with E-state index in [2.05, 4.69) is 10.3 Å². The second-order valence-corrected chi connectivity index (χ2v) is 3.59. The highest BCUT2D eigenvalue weighted by Gasteiger charge is 2.40. The van der Waals surface area contributed by atoms with Crippen molar-refractivity contribution in [3.8, 4) is 5.75 Å². The van der Waals surface area contributed by atoms with Gasteiger partial charge in [-0.3, -0.25) is 4.98 Å². The number of rotatable bonds is 5. The van der Waals surface area contributed by atoms with Crippen molar-refractivity contribution in [1.82, 2.24) is 10.3 Å². The Labute approximate surface area is 98.0 Å². The second kappa shape index (κ2) is 5.86. The fourth-order valence-corrected chi connectivity index (χ4v) is 1.42. The Morgan fingerprint density at radius 3 is 2.65 bits per heavy atom. The molecule has 1 rings (SSSR count). The number of alkyl halides is 3. The smallest absolute Gasteiger partial charge is 0.407 e. The number of aromatic nitrogens is 1. The van der Waals surface area contributed by atoms with E-state index in [-0.39, 0.29) is 5.56 Å². The SMILES string of the molecule is CCCNC(c1cncc(OC)c1)C(F)(F)F. The molecule has 0 amide bonds. The van der Waals surface area contributed by atoms with Gasteiger partial charge in [0.15, 0.2) is 0 Å². The highest BCUT2D eigenvalue weighted by atomic mass is 19.4. The van der Waals surface area contributed by atoms with Gasteiger partial charge in [0.25, 0.3) is 0 Å². The van der Waals surface area contributed by atoms with Crippen molar-refractivity contribution < 1.29 is 17.9 Å². The molecule has 1 aromatic heterocycles. The van der Waals surface area contributed by atoms with Gasteiger partial charge in [0, 0.05) is 11.8 Å². The highest BCUT2D eigenvalue weighted by molar-refractivity contribution is 5.26. The summed E-state index contributed by atoms with van der Waals surface area (Å²) in [7, 11) is 1.39. The van der Waals surface area contributed by atoms with E-state index in [4.69, 9.17) is 4.74 Å². The second-order valence-electron chi connectivity index (χ2n) is 3.59. The van der Waals surface area contributed by atoms with Gasteiger partial charge < -0.3 is 10.1 Å². The first-order chi connectivity index (χ1) is 7.99. The third kappa shape index (κ3) is 3.89. The molecule has 0 aliphatic rings. The van der Waals surface area contributed by atoms with Crippen LogP contribution in [0, 0.1) is 0 Å². The van der Waals surface area contributed by atoms with E-state index in [1.54, 1.807) is 0 Å². The molecule has 1 N–H and O–H groups in total. The summed E-state index contributed by atoms with van der Waals surface area (Å²) in [6.45, 7) is 2.10. The Hall–Kier alpha value is -1.30. The molecular formula is C11H15F3N2O. The molecule has 6 heteroatoms. The quantitative estimate of drug-likeness (QED) is 0.870. The van der Waals surface area contributed by atoms with Crippen LogP contribution in [0.15, 0.2) is 18.5 Å². The molecule has 0 aliphatic carbocycles. The molecule has 1 atom stereocenters. The zero-order valence-electron chi connectivity index (χ0n) is 9.71. The number of halogens is 3. The first kappa shape index (κ1) is 13.8. The number of hydrogen-bond donors (Lipinski definition) is 1. The van der Waals surface area contributed by atoms with Crippen LogP contribution >= 0.6 is 0 Å². The minimum Gasteiger partial charge on any atom is -0.495 e. The molecule has 0 radical (unpaired) electrons. The molecule has 1 heterocycles. The summed E-state index contributed by atoms with van der Waals surface area (Å²) in [5.74, 6) is 0.315. The summed E-state index contributed by atoms with van der Waals surface area (Å²) in [6.07, 6.45) is -1.15. The van der Waals surface area contributed by atoms with Crippen molar-refractivity contribution in [2.75, 3.05) is 13.7 Å². The van der Waals surface area contributed by atoms with E-state index in [1.165, 1.54) is 25.6 Å². The van der Waals surface area contributed by atoms with Gasteiger partial charge in [-0.15, -0.1) is 0 Å². The third-order valence-electron chi connectivity index (χ3n) is 2.23. The van der Waals surface area contributed by atoms with Crippen LogP contribution in [0.2, 0.25) is 0 Å². The summed E-state index contributed by atoms with van der Waals surface area (Å²) in [5.41, 5.74) is 0.0605. The van der Waals surface area contributed by atoms with E-state index >= 15 is 0 Å². The predicted molar refractivity (Wildman–Crippen MR) is 57.9 cm³/mol. The fourth-order valence-electron chi connectivity index (χ4n) is 1.42. The Morgan fingerprint density at radius 2 is 2.12 bits per heavy atom. The maximum absolute atomic E-state index is 12.8. The Bertz CT molecular complexity index is 355. The number of methoxy groups -OCH3 is 1. The molecule has 0 fully saturated rings. The molecule has 0 saturated heterocycles. The standard InChI is InChI=1S/C11H15F3N2O/c1-3-4-16-10(11(12,13)14)8-5-9(17-2)7-15-6-8/h5-7,10,16H,3-4H2,1-2H3. The number of hydrogen-bond acceptors (Lipinski definition) is 3. The van der Waals surface area contributed by atoms with E-state index in [1.807, 2.05) is 6.92 Å². The van der Waals surface area contributed by atoms with E-state index in [0.717, 1.165) is 0 Å². The molecule has 3 nitrogen and oxygen atoms in total. The molecule has 1 aromatic rings.